The van der Waals surface area contributed by atoms with Gasteiger partial charge in [-0.25, -0.2) is 0 Å². The molecule has 1 aromatic carbocycles. The molecule has 1 aromatic rings. The number of nitrogens with one attached hydrogen (secondary N) is 1. The third-order valence-electron chi connectivity index (χ3n) is 3.78. The molecule has 2 unspecified atom stereocenters. The zero-order valence-corrected chi connectivity index (χ0v) is 12.4. The maximum atomic E-state index is 5.62. The molecule has 3 nitrogen and oxygen atoms in total. The minimum Gasteiger partial charge on any atom is -0.376 e. The first kappa shape index (κ1) is 14.5. The lowest BCUT2D eigenvalue weighted by Gasteiger charge is -2.34. The molecule has 1 aliphatic heterocycles. The fourth-order valence-corrected chi connectivity index (χ4v) is 2.81. The van der Waals surface area contributed by atoms with Gasteiger partial charge in [-0.1, -0.05) is 31.2 Å². The van der Waals surface area contributed by atoms with Crippen LogP contribution in [-0.2, 0) is 4.74 Å². The van der Waals surface area contributed by atoms with Gasteiger partial charge in [-0.15, -0.1) is 0 Å². The predicted molar refractivity (Wildman–Crippen MR) is 79.5 cm³/mol. The van der Waals surface area contributed by atoms with Gasteiger partial charge in [0.25, 0.3) is 0 Å². The minimum absolute atomic E-state index is 0.355. The molecule has 0 spiro atoms. The van der Waals surface area contributed by atoms with E-state index in [2.05, 4.69) is 55.3 Å². The van der Waals surface area contributed by atoms with Crippen LogP contribution < -0.4 is 5.32 Å². The first-order valence-corrected chi connectivity index (χ1v) is 7.33. The van der Waals surface area contributed by atoms with Crippen molar-refractivity contribution >= 4 is 0 Å². The van der Waals surface area contributed by atoms with Crippen molar-refractivity contribution in [1.82, 2.24) is 10.2 Å². The lowest BCUT2D eigenvalue weighted by atomic mass is 10.0. The van der Waals surface area contributed by atoms with E-state index in [1.165, 1.54) is 11.1 Å². The largest absolute Gasteiger partial charge is 0.376 e. The fraction of sp³-hybridized carbons (Fsp3) is 0.625. The maximum absolute atomic E-state index is 5.62. The Morgan fingerprint density at radius 3 is 2.89 bits per heavy atom. The molecule has 3 heteroatoms. The Morgan fingerprint density at radius 2 is 2.21 bits per heavy atom. The number of hydrogen-bond donors (Lipinski definition) is 1. The second-order valence-electron chi connectivity index (χ2n) is 5.41. The summed E-state index contributed by atoms with van der Waals surface area (Å²) in [5.41, 5.74) is 2.79. The van der Waals surface area contributed by atoms with Gasteiger partial charge in [0.1, 0.15) is 0 Å². The lowest BCUT2D eigenvalue weighted by molar-refractivity contribution is -0.0210. The molecule has 1 heterocycles. The Morgan fingerprint density at radius 1 is 1.42 bits per heavy atom. The number of hydrogen-bond acceptors (Lipinski definition) is 3. The van der Waals surface area contributed by atoms with Gasteiger partial charge in [0.05, 0.1) is 12.7 Å². The van der Waals surface area contributed by atoms with E-state index in [4.69, 9.17) is 4.74 Å². The average molecular weight is 262 g/mol. The van der Waals surface area contributed by atoms with E-state index >= 15 is 0 Å². The van der Waals surface area contributed by atoms with Crippen molar-refractivity contribution in [2.45, 2.75) is 32.9 Å². The van der Waals surface area contributed by atoms with Crippen LogP contribution in [0.5, 0.6) is 0 Å². The number of benzene rings is 1. The molecule has 0 radical (unpaired) electrons. The minimum atomic E-state index is 0.355. The van der Waals surface area contributed by atoms with E-state index in [-0.39, 0.29) is 0 Å². The summed E-state index contributed by atoms with van der Waals surface area (Å²) >= 11 is 0. The molecule has 0 aromatic heterocycles. The van der Waals surface area contributed by atoms with Crippen LogP contribution >= 0.6 is 0 Å². The van der Waals surface area contributed by atoms with Gasteiger partial charge in [0, 0.05) is 25.7 Å². The van der Waals surface area contributed by atoms with Gasteiger partial charge in [-0.2, -0.15) is 0 Å². The Kier molecular flexibility index (Phi) is 5.37. The molecule has 19 heavy (non-hydrogen) atoms. The van der Waals surface area contributed by atoms with E-state index in [1.54, 1.807) is 0 Å². The van der Waals surface area contributed by atoms with E-state index in [9.17, 15) is 0 Å². The standard InChI is InChI=1S/C16H26N2O/c1-4-17-16(15-8-6-5-7-13(15)2)12-18-9-10-19-14(3)11-18/h5-8,14,16-17H,4,9-12H2,1-3H3. The van der Waals surface area contributed by atoms with Crippen molar-refractivity contribution in [3.8, 4) is 0 Å². The van der Waals surface area contributed by atoms with Gasteiger partial charge in [0.15, 0.2) is 0 Å². The summed E-state index contributed by atoms with van der Waals surface area (Å²) in [4.78, 5) is 2.51. The van der Waals surface area contributed by atoms with E-state index < -0.39 is 0 Å². The van der Waals surface area contributed by atoms with Crippen LogP contribution in [0, 0.1) is 6.92 Å². The number of rotatable bonds is 5. The highest BCUT2D eigenvalue weighted by atomic mass is 16.5. The summed E-state index contributed by atoms with van der Waals surface area (Å²) < 4.78 is 5.62. The van der Waals surface area contributed by atoms with Crippen LogP contribution in [0.1, 0.15) is 31.0 Å². The van der Waals surface area contributed by atoms with Crippen LogP contribution in [0.15, 0.2) is 24.3 Å². The van der Waals surface area contributed by atoms with Crippen molar-refractivity contribution in [2.75, 3.05) is 32.8 Å². The van der Waals surface area contributed by atoms with Crippen LogP contribution in [0.25, 0.3) is 0 Å². The van der Waals surface area contributed by atoms with Crippen LogP contribution in [0.2, 0.25) is 0 Å². The molecule has 0 aliphatic carbocycles. The van der Waals surface area contributed by atoms with E-state index in [1.807, 2.05) is 0 Å². The fourth-order valence-electron chi connectivity index (χ4n) is 2.81. The molecular weight excluding hydrogens is 236 g/mol. The molecule has 1 saturated heterocycles. The molecule has 1 fully saturated rings. The van der Waals surface area contributed by atoms with E-state index in [0.717, 1.165) is 32.8 Å². The van der Waals surface area contributed by atoms with Crippen molar-refractivity contribution < 1.29 is 4.74 Å². The molecule has 106 valence electrons. The van der Waals surface area contributed by atoms with Crippen LogP contribution in [-0.4, -0.2) is 43.8 Å². The molecule has 1 aliphatic rings. The Hall–Kier alpha value is -0.900. The van der Waals surface area contributed by atoms with Gasteiger partial charge in [-0.3, -0.25) is 4.90 Å². The third kappa shape index (κ3) is 4.03. The number of likely N-dealkylation sites (N-methyl/N-ethyl adjacent to an activating group) is 1. The molecule has 0 amide bonds. The molecular formula is C16H26N2O. The molecule has 0 saturated carbocycles. The number of morpholine rings is 1. The topological polar surface area (TPSA) is 24.5 Å². The molecule has 1 N–H and O–H groups in total. The maximum Gasteiger partial charge on any atom is 0.0674 e. The van der Waals surface area contributed by atoms with Gasteiger partial charge >= 0.3 is 0 Å². The second-order valence-corrected chi connectivity index (χ2v) is 5.41. The highest BCUT2D eigenvalue weighted by Gasteiger charge is 2.21. The third-order valence-corrected chi connectivity index (χ3v) is 3.78. The smallest absolute Gasteiger partial charge is 0.0674 e. The Balaban J connectivity index is 2.05. The highest BCUT2D eigenvalue weighted by molar-refractivity contribution is 5.29. The highest BCUT2D eigenvalue weighted by Crippen LogP contribution is 2.19. The first-order valence-electron chi connectivity index (χ1n) is 7.33. The van der Waals surface area contributed by atoms with Gasteiger partial charge < -0.3 is 10.1 Å². The van der Waals surface area contributed by atoms with E-state index in [0.29, 0.717) is 12.1 Å². The summed E-state index contributed by atoms with van der Waals surface area (Å²) in [5.74, 6) is 0. The Bertz CT molecular complexity index is 394. The van der Waals surface area contributed by atoms with Crippen molar-refractivity contribution in [1.29, 1.82) is 0 Å². The number of nitrogens with zero attached hydrogens (tertiary/aromatic N) is 1. The average Bonchev–Trinajstić information content (AvgIpc) is 2.39. The second kappa shape index (κ2) is 7.04. The summed E-state index contributed by atoms with van der Waals surface area (Å²) in [6.45, 7) is 11.5. The number of ether oxygens (including phenoxy) is 1. The molecule has 0 bridgehead atoms. The zero-order valence-electron chi connectivity index (χ0n) is 12.4. The molecule has 2 atom stereocenters. The zero-order chi connectivity index (χ0) is 13.7. The lowest BCUT2D eigenvalue weighted by Crippen LogP contribution is -2.45. The summed E-state index contributed by atoms with van der Waals surface area (Å²) in [6.07, 6.45) is 0.355. The van der Waals surface area contributed by atoms with Crippen LogP contribution in [0.3, 0.4) is 0 Å². The molecule has 2 rings (SSSR count). The summed E-state index contributed by atoms with van der Waals surface area (Å²) in [7, 11) is 0. The monoisotopic (exact) mass is 262 g/mol. The van der Waals surface area contributed by atoms with Crippen LogP contribution in [0.4, 0.5) is 0 Å². The van der Waals surface area contributed by atoms with Crippen molar-refractivity contribution in [3.05, 3.63) is 35.4 Å². The normalized spacial score (nSPS) is 22.4. The predicted octanol–water partition coefficient (Wildman–Crippen LogP) is 2.37. The SMILES string of the molecule is CCNC(CN1CCOC(C)C1)c1ccccc1C. The van der Waals surface area contributed by atoms with Crippen molar-refractivity contribution in [2.24, 2.45) is 0 Å². The summed E-state index contributed by atoms with van der Waals surface area (Å²) in [5, 5.41) is 3.62. The van der Waals surface area contributed by atoms with Gasteiger partial charge in [-0.05, 0) is 31.5 Å². The van der Waals surface area contributed by atoms with Crippen molar-refractivity contribution in [3.63, 3.8) is 0 Å². The Labute approximate surface area is 116 Å². The number of aryl methyl sites for hydroxylation is 1. The first-order chi connectivity index (χ1) is 9.20. The van der Waals surface area contributed by atoms with Gasteiger partial charge in [0.2, 0.25) is 0 Å². The summed E-state index contributed by atoms with van der Waals surface area (Å²) in [6, 6.07) is 9.10. The quantitative estimate of drug-likeness (QED) is 0.881.